The van der Waals surface area contributed by atoms with E-state index in [1.54, 1.807) is 6.07 Å². The lowest BCUT2D eigenvalue weighted by Gasteiger charge is -2.24. The van der Waals surface area contributed by atoms with Crippen LogP contribution in [0.25, 0.3) is 0 Å². The number of rotatable bonds is 5. The second-order valence-electron chi connectivity index (χ2n) is 4.80. The van der Waals surface area contributed by atoms with Crippen LogP contribution in [0.1, 0.15) is 26.7 Å². The van der Waals surface area contributed by atoms with Crippen LogP contribution in [0.5, 0.6) is 0 Å². The van der Waals surface area contributed by atoms with Gasteiger partial charge in [-0.2, -0.15) is 5.26 Å². The molecule has 92 valence electrons. The standard InChI is InChI=1S/C13H16ClFN2/c1-13(2,6-3-7-16)9-17-12-5-4-10(15)8-11(12)14/h4-5,8,17H,3,6,9H2,1-2H3. The Bertz CT molecular complexity index is 424. The predicted octanol–water partition coefficient (Wildman–Crippen LogP) is 4.22. The Morgan fingerprint density at radius 2 is 2.18 bits per heavy atom. The number of nitrogens with one attached hydrogen (secondary N) is 1. The first-order valence-electron chi connectivity index (χ1n) is 5.50. The Balaban J connectivity index is 2.58. The van der Waals surface area contributed by atoms with Crippen LogP contribution in [0.4, 0.5) is 10.1 Å². The maximum atomic E-state index is 12.8. The van der Waals surface area contributed by atoms with E-state index in [9.17, 15) is 4.39 Å². The molecule has 0 spiro atoms. The van der Waals surface area contributed by atoms with Crippen molar-refractivity contribution in [3.8, 4) is 6.07 Å². The normalized spacial score (nSPS) is 11.0. The Morgan fingerprint density at radius 3 is 2.76 bits per heavy atom. The molecule has 0 fully saturated rings. The maximum absolute atomic E-state index is 12.8. The Hall–Kier alpha value is -1.27. The largest absolute Gasteiger partial charge is 0.383 e. The molecular weight excluding hydrogens is 239 g/mol. The smallest absolute Gasteiger partial charge is 0.124 e. The fraction of sp³-hybridized carbons (Fsp3) is 0.462. The molecule has 0 atom stereocenters. The van der Waals surface area contributed by atoms with E-state index in [0.717, 1.165) is 12.1 Å². The molecule has 0 heterocycles. The molecule has 0 aliphatic rings. The average Bonchev–Trinajstić information content (AvgIpc) is 2.25. The Morgan fingerprint density at radius 1 is 1.47 bits per heavy atom. The van der Waals surface area contributed by atoms with Gasteiger partial charge in [0.25, 0.3) is 0 Å². The molecule has 0 bridgehead atoms. The number of hydrogen-bond donors (Lipinski definition) is 1. The van der Waals surface area contributed by atoms with Gasteiger partial charge in [-0.1, -0.05) is 25.4 Å². The fourth-order valence-electron chi connectivity index (χ4n) is 1.45. The summed E-state index contributed by atoms with van der Waals surface area (Å²) in [5.74, 6) is -0.343. The van der Waals surface area contributed by atoms with Crippen molar-refractivity contribution in [2.24, 2.45) is 5.41 Å². The third kappa shape index (κ3) is 4.62. The molecule has 17 heavy (non-hydrogen) atoms. The summed E-state index contributed by atoms with van der Waals surface area (Å²) in [7, 11) is 0. The molecule has 0 saturated heterocycles. The summed E-state index contributed by atoms with van der Waals surface area (Å²) in [6, 6.07) is 6.42. The molecule has 0 aliphatic heterocycles. The number of nitriles is 1. The average molecular weight is 255 g/mol. The third-order valence-electron chi connectivity index (χ3n) is 2.60. The summed E-state index contributed by atoms with van der Waals surface area (Å²) in [6.07, 6.45) is 1.35. The van der Waals surface area contributed by atoms with Crippen molar-refractivity contribution in [3.63, 3.8) is 0 Å². The molecular formula is C13H16ClFN2. The zero-order valence-corrected chi connectivity index (χ0v) is 10.8. The van der Waals surface area contributed by atoms with Crippen LogP contribution in [-0.4, -0.2) is 6.54 Å². The topological polar surface area (TPSA) is 35.8 Å². The minimum Gasteiger partial charge on any atom is -0.383 e. The van der Waals surface area contributed by atoms with Gasteiger partial charge in [-0.3, -0.25) is 0 Å². The second kappa shape index (κ2) is 5.88. The van der Waals surface area contributed by atoms with E-state index in [2.05, 4.69) is 25.2 Å². The highest BCUT2D eigenvalue weighted by molar-refractivity contribution is 6.33. The minimum atomic E-state index is -0.343. The number of benzene rings is 1. The van der Waals surface area contributed by atoms with Gasteiger partial charge in [-0.15, -0.1) is 0 Å². The lowest BCUT2D eigenvalue weighted by Crippen LogP contribution is -2.23. The number of hydrogen-bond acceptors (Lipinski definition) is 2. The number of halogens is 2. The van der Waals surface area contributed by atoms with Gasteiger partial charge in [0.2, 0.25) is 0 Å². The summed E-state index contributed by atoms with van der Waals surface area (Å²) < 4.78 is 12.8. The molecule has 1 aromatic rings. The molecule has 1 N–H and O–H groups in total. The van der Waals surface area contributed by atoms with Crippen molar-refractivity contribution in [1.82, 2.24) is 0 Å². The molecule has 0 unspecified atom stereocenters. The van der Waals surface area contributed by atoms with Crippen molar-refractivity contribution in [1.29, 1.82) is 5.26 Å². The molecule has 0 aliphatic carbocycles. The summed E-state index contributed by atoms with van der Waals surface area (Å²) in [6.45, 7) is 4.85. The Labute approximate surface area is 106 Å². The summed E-state index contributed by atoms with van der Waals surface area (Å²) in [5, 5.41) is 12.1. The van der Waals surface area contributed by atoms with Crippen molar-refractivity contribution >= 4 is 17.3 Å². The van der Waals surface area contributed by atoms with Gasteiger partial charge in [-0.25, -0.2) is 4.39 Å². The highest BCUT2D eigenvalue weighted by atomic mass is 35.5. The van der Waals surface area contributed by atoms with Crippen LogP contribution in [0.3, 0.4) is 0 Å². The quantitative estimate of drug-likeness (QED) is 0.854. The lowest BCUT2D eigenvalue weighted by molar-refractivity contribution is 0.364. The molecule has 0 aromatic heterocycles. The van der Waals surface area contributed by atoms with Gasteiger partial charge in [0.05, 0.1) is 16.8 Å². The van der Waals surface area contributed by atoms with Crippen LogP contribution in [0.15, 0.2) is 18.2 Å². The monoisotopic (exact) mass is 254 g/mol. The molecule has 4 heteroatoms. The van der Waals surface area contributed by atoms with Gasteiger partial charge in [0.15, 0.2) is 0 Å². The predicted molar refractivity (Wildman–Crippen MR) is 68.5 cm³/mol. The molecule has 1 rings (SSSR count). The van der Waals surface area contributed by atoms with Crippen molar-refractivity contribution in [3.05, 3.63) is 29.0 Å². The first kappa shape index (κ1) is 13.8. The molecule has 2 nitrogen and oxygen atoms in total. The first-order valence-corrected chi connectivity index (χ1v) is 5.88. The maximum Gasteiger partial charge on any atom is 0.124 e. The van der Waals surface area contributed by atoms with Crippen molar-refractivity contribution < 1.29 is 4.39 Å². The number of nitrogens with zero attached hydrogens (tertiary/aromatic N) is 1. The van der Waals surface area contributed by atoms with E-state index in [1.165, 1.54) is 12.1 Å². The van der Waals surface area contributed by atoms with Gasteiger partial charge in [0.1, 0.15) is 5.82 Å². The molecule has 0 saturated carbocycles. The SMILES string of the molecule is CC(C)(CCC#N)CNc1ccc(F)cc1Cl. The van der Waals surface area contributed by atoms with Crippen LogP contribution >= 0.6 is 11.6 Å². The summed E-state index contributed by atoms with van der Waals surface area (Å²) in [5.41, 5.74) is 0.728. The highest BCUT2D eigenvalue weighted by Crippen LogP contribution is 2.26. The Kier molecular flexibility index (Phi) is 4.77. The van der Waals surface area contributed by atoms with E-state index >= 15 is 0 Å². The van der Waals surface area contributed by atoms with Crippen molar-refractivity contribution in [2.45, 2.75) is 26.7 Å². The zero-order chi connectivity index (χ0) is 12.9. The van der Waals surface area contributed by atoms with Gasteiger partial charge < -0.3 is 5.32 Å². The van der Waals surface area contributed by atoms with E-state index in [1.807, 2.05) is 0 Å². The highest BCUT2D eigenvalue weighted by Gasteiger charge is 2.17. The minimum absolute atomic E-state index is 0.00739. The van der Waals surface area contributed by atoms with Crippen LogP contribution in [0.2, 0.25) is 5.02 Å². The van der Waals surface area contributed by atoms with E-state index < -0.39 is 0 Å². The van der Waals surface area contributed by atoms with E-state index in [4.69, 9.17) is 16.9 Å². The van der Waals surface area contributed by atoms with Gasteiger partial charge >= 0.3 is 0 Å². The van der Waals surface area contributed by atoms with E-state index in [-0.39, 0.29) is 11.2 Å². The van der Waals surface area contributed by atoms with Crippen molar-refractivity contribution in [2.75, 3.05) is 11.9 Å². The molecule has 0 amide bonds. The fourth-order valence-corrected chi connectivity index (χ4v) is 1.68. The second-order valence-corrected chi connectivity index (χ2v) is 5.21. The summed E-state index contributed by atoms with van der Waals surface area (Å²) in [4.78, 5) is 0. The van der Waals surface area contributed by atoms with Crippen LogP contribution in [0, 0.1) is 22.6 Å². The van der Waals surface area contributed by atoms with Crippen LogP contribution < -0.4 is 5.32 Å². The van der Waals surface area contributed by atoms with Gasteiger partial charge in [0, 0.05) is 13.0 Å². The van der Waals surface area contributed by atoms with Gasteiger partial charge in [-0.05, 0) is 30.0 Å². The third-order valence-corrected chi connectivity index (χ3v) is 2.91. The molecule has 1 aromatic carbocycles. The van der Waals surface area contributed by atoms with Crippen LogP contribution in [-0.2, 0) is 0 Å². The first-order chi connectivity index (χ1) is 7.94. The lowest BCUT2D eigenvalue weighted by atomic mass is 9.88. The zero-order valence-electron chi connectivity index (χ0n) is 10.1. The van der Waals surface area contributed by atoms with E-state index in [0.29, 0.717) is 18.0 Å². The number of anilines is 1. The molecule has 0 radical (unpaired) electrons. The summed E-state index contributed by atoms with van der Waals surface area (Å²) >= 11 is 5.91.